The monoisotopic (exact) mass is 244 g/mol. The molecule has 0 aromatic heterocycles. The van der Waals surface area contributed by atoms with Crippen LogP contribution >= 0.6 is 0 Å². The summed E-state index contributed by atoms with van der Waals surface area (Å²) < 4.78 is 0. The van der Waals surface area contributed by atoms with E-state index in [0.717, 1.165) is 6.42 Å². The molecule has 0 aliphatic rings. The van der Waals surface area contributed by atoms with Crippen LogP contribution in [0.2, 0.25) is 0 Å². The lowest BCUT2D eigenvalue weighted by Crippen LogP contribution is -2.33. The van der Waals surface area contributed by atoms with Crippen molar-refractivity contribution in [1.82, 2.24) is 0 Å². The molecule has 0 fully saturated rings. The van der Waals surface area contributed by atoms with Crippen LogP contribution in [0.4, 0.5) is 0 Å². The Bertz CT molecular complexity index is 287. The fourth-order valence-electron chi connectivity index (χ4n) is 1.88. The van der Waals surface area contributed by atoms with Crippen molar-refractivity contribution in [2.75, 3.05) is 0 Å². The van der Waals surface area contributed by atoms with Gasteiger partial charge in [0.1, 0.15) is 0 Å². The van der Waals surface area contributed by atoms with Gasteiger partial charge in [0.2, 0.25) is 0 Å². The van der Waals surface area contributed by atoms with Crippen molar-refractivity contribution in [2.24, 2.45) is 10.8 Å². The summed E-state index contributed by atoms with van der Waals surface area (Å²) in [4.78, 5) is 22.4. The molecule has 2 unspecified atom stereocenters. The lowest BCUT2D eigenvalue weighted by molar-refractivity contribution is -0.153. The van der Waals surface area contributed by atoms with Gasteiger partial charge in [0, 0.05) is 0 Å². The molecule has 0 radical (unpaired) electrons. The quantitative estimate of drug-likeness (QED) is 0.687. The molecule has 2 atom stereocenters. The summed E-state index contributed by atoms with van der Waals surface area (Å²) in [7, 11) is 0. The molecule has 0 aromatic rings. The molecule has 0 spiro atoms. The van der Waals surface area contributed by atoms with Crippen molar-refractivity contribution in [3.05, 3.63) is 0 Å². The van der Waals surface area contributed by atoms with Crippen LogP contribution in [0, 0.1) is 10.8 Å². The Morgan fingerprint density at radius 1 is 0.882 bits per heavy atom. The lowest BCUT2D eigenvalue weighted by Gasteiger charge is -2.30. The normalized spacial score (nSPS) is 18.1. The van der Waals surface area contributed by atoms with Gasteiger partial charge in [-0.25, -0.2) is 0 Å². The first-order valence-corrected chi connectivity index (χ1v) is 6.18. The van der Waals surface area contributed by atoms with Crippen LogP contribution in [0.3, 0.4) is 0 Å². The van der Waals surface area contributed by atoms with E-state index in [2.05, 4.69) is 0 Å². The third-order valence-corrected chi connectivity index (χ3v) is 3.84. The van der Waals surface area contributed by atoms with Crippen molar-refractivity contribution >= 4 is 11.9 Å². The Labute approximate surface area is 103 Å². The third-order valence-electron chi connectivity index (χ3n) is 3.84. The van der Waals surface area contributed by atoms with Gasteiger partial charge in [-0.3, -0.25) is 9.59 Å². The fraction of sp³-hybridized carbons (Fsp3) is 0.846. The first-order chi connectivity index (χ1) is 7.72. The zero-order valence-electron chi connectivity index (χ0n) is 11.2. The molecule has 2 N–H and O–H groups in total. The second-order valence-electron chi connectivity index (χ2n) is 5.34. The van der Waals surface area contributed by atoms with Crippen LogP contribution in [0.1, 0.15) is 59.8 Å². The zero-order chi connectivity index (χ0) is 13.7. The van der Waals surface area contributed by atoms with E-state index in [1.54, 1.807) is 13.8 Å². The van der Waals surface area contributed by atoms with E-state index in [4.69, 9.17) is 5.11 Å². The fourth-order valence-corrected chi connectivity index (χ4v) is 1.88. The molecule has 0 rings (SSSR count). The van der Waals surface area contributed by atoms with E-state index >= 15 is 0 Å². The van der Waals surface area contributed by atoms with Gasteiger partial charge in [-0.2, -0.15) is 0 Å². The summed E-state index contributed by atoms with van der Waals surface area (Å²) in [5, 5.41) is 18.4. The van der Waals surface area contributed by atoms with Gasteiger partial charge in [0.15, 0.2) is 0 Å². The highest BCUT2D eigenvalue weighted by molar-refractivity contribution is 5.75. The Balaban J connectivity index is 4.71. The molecule has 4 heteroatoms. The summed E-state index contributed by atoms with van der Waals surface area (Å²) in [6.07, 6.45) is 2.71. The summed E-state index contributed by atoms with van der Waals surface area (Å²) in [5.41, 5.74) is -1.62. The number of carbonyl (C=O) groups is 2. The Morgan fingerprint density at radius 3 is 1.59 bits per heavy atom. The second kappa shape index (κ2) is 6.03. The van der Waals surface area contributed by atoms with Crippen molar-refractivity contribution in [1.29, 1.82) is 0 Å². The van der Waals surface area contributed by atoms with Crippen LogP contribution < -0.4 is 0 Å². The van der Waals surface area contributed by atoms with Crippen LogP contribution in [-0.4, -0.2) is 22.2 Å². The number of rotatable bonds is 8. The maximum Gasteiger partial charge on any atom is 0.309 e. The topological polar surface area (TPSA) is 74.6 Å². The minimum Gasteiger partial charge on any atom is -0.481 e. The average Bonchev–Trinajstić information content (AvgIpc) is 2.25. The van der Waals surface area contributed by atoms with E-state index in [1.807, 2.05) is 13.8 Å². The van der Waals surface area contributed by atoms with Crippen LogP contribution in [-0.2, 0) is 9.59 Å². The number of carboxylic acids is 2. The van der Waals surface area contributed by atoms with Gasteiger partial charge < -0.3 is 10.2 Å². The van der Waals surface area contributed by atoms with Crippen molar-refractivity contribution in [3.63, 3.8) is 0 Å². The second-order valence-corrected chi connectivity index (χ2v) is 5.34. The number of aliphatic carboxylic acids is 2. The molecular weight excluding hydrogens is 220 g/mol. The molecule has 17 heavy (non-hydrogen) atoms. The van der Waals surface area contributed by atoms with Crippen LogP contribution in [0.5, 0.6) is 0 Å². The van der Waals surface area contributed by atoms with Gasteiger partial charge in [-0.1, -0.05) is 20.3 Å². The SMILES string of the molecule is CCCC(C)(CCC(C)(CC)C(=O)O)C(=O)O. The summed E-state index contributed by atoms with van der Waals surface area (Å²) in [6, 6.07) is 0. The third kappa shape index (κ3) is 4.02. The van der Waals surface area contributed by atoms with Crippen molar-refractivity contribution in [2.45, 2.75) is 59.8 Å². The standard InChI is InChI=1S/C13H24O4/c1-5-7-13(4,11(16)17)9-8-12(3,6-2)10(14)15/h5-9H2,1-4H3,(H,14,15)(H,16,17). The van der Waals surface area contributed by atoms with Crippen molar-refractivity contribution < 1.29 is 19.8 Å². The van der Waals surface area contributed by atoms with Crippen LogP contribution in [0.25, 0.3) is 0 Å². The van der Waals surface area contributed by atoms with Gasteiger partial charge in [0.05, 0.1) is 10.8 Å². The van der Waals surface area contributed by atoms with E-state index in [-0.39, 0.29) is 0 Å². The Kier molecular flexibility index (Phi) is 5.66. The zero-order valence-corrected chi connectivity index (χ0v) is 11.2. The predicted octanol–water partition coefficient (Wildman–Crippen LogP) is 3.16. The molecule has 0 aliphatic carbocycles. The molecule has 100 valence electrons. The van der Waals surface area contributed by atoms with E-state index in [0.29, 0.717) is 25.7 Å². The highest BCUT2D eigenvalue weighted by Gasteiger charge is 2.38. The number of carboxylic acid groups (broad SMARTS) is 2. The summed E-state index contributed by atoms with van der Waals surface area (Å²) in [5.74, 6) is -1.67. The van der Waals surface area contributed by atoms with E-state index < -0.39 is 22.8 Å². The minimum atomic E-state index is -0.843. The van der Waals surface area contributed by atoms with Gasteiger partial charge in [-0.05, 0) is 39.5 Å². The minimum absolute atomic E-state index is 0.404. The molecule has 0 aromatic carbocycles. The number of hydrogen-bond acceptors (Lipinski definition) is 2. The summed E-state index contributed by atoms with van der Waals surface area (Å²) in [6.45, 7) is 7.16. The summed E-state index contributed by atoms with van der Waals surface area (Å²) >= 11 is 0. The molecule has 0 amide bonds. The van der Waals surface area contributed by atoms with Crippen molar-refractivity contribution in [3.8, 4) is 0 Å². The molecule has 0 saturated heterocycles. The van der Waals surface area contributed by atoms with Gasteiger partial charge in [0.25, 0.3) is 0 Å². The average molecular weight is 244 g/mol. The van der Waals surface area contributed by atoms with E-state index in [9.17, 15) is 14.7 Å². The van der Waals surface area contributed by atoms with Gasteiger partial charge >= 0.3 is 11.9 Å². The maximum atomic E-state index is 11.2. The molecule has 4 nitrogen and oxygen atoms in total. The molecular formula is C13H24O4. The Morgan fingerprint density at radius 2 is 1.29 bits per heavy atom. The molecule has 0 aliphatic heterocycles. The number of hydrogen-bond donors (Lipinski definition) is 2. The Hall–Kier alpha value is -1.06. The highest BCUT2D eigenvalue weighted by atomic mass is 16.4. The molecule has 0 bridgehead atoms. The van der Waals surface area contributed by atoms with Gasteiger partial charge in [-0.15, -0.1) is 0 Å². The molecule has 0 saturated carbocycles. The largest absolute Gasteiger partial charge is 0.481 e. The maximum absolute atomic E-state index is 11.2. The molecule has 0 heterocycles. The first kappa shape index (κ1) is 15.9. The highest BCUT2D eigenvalue weighted by Crippen LogP contribution is 2.36. The first-order valence-electron chi connectivity index (χ1n) is 6.18. The van der Waals surface area contributed by atoms with E-state index in [1.165, 1.54) is 0 Å². The van der Waals surface area contributed by atoms with Crippen LogP contribution in [0.15, 0.2) is 0 Å². The lowest BCUT2D eigenvalue weighted by atomic mass is 9.74. The smallest absolute Gasteiger partial charge is 0.309 e. The predicted molar refractivity (Wildman–Crippen MR) is 65.9 cm³/mol.